The SMILES string of the molecule is [c]1nccc(-c2c[nH]nn2)n1. The van der Waals surface area contributed by atoms with Gasteiger partial charge in [0.15, 0.2) is 6.33 Å². The number of rotatable bonds is 1. The summed E-state index contributed by atoms with van der Waals surface area (Å²) in [6, 6.07) is 1.74. The molecule has 0 aliphatic carbocycles. The van der Waals surface area contributed by atoms with E-state index in [2.05, 4.69) is 31.7 Å². The lowest BCUT2D eigenvalue weighted by molar-refractivity contribution is 0.940. The Balaban J connectivity index is 2.46. The van der Waals surface area contributed by atoms with Crippen molar-refractivity contribution in [3.8, 4) is 11.4 Å². The fourth-order valence-electron chi connectivity index (χ4n) is 0.731. The molecular weight excluding hydrogens is 142 g/mol. The summed E-state index contributed by atoms with van der Waals surface area (Å²) in [4.78, 5) is 7.52. The highest BCUT2D eigenvalue weighted by atomic mass is 15.3. The second kappa shape index (κ2) is 2.45. The maximum Gasteiger partial charge on any atom is 0.198 e. The van der Waals surface area contributed by atoms with Crippen LogP contribution < -0.4 is 0 Å². The zero-order chi connectivity index (χ0) is 7.52. The number of nitrogens with one attached hydrogen (secondary N) is 1. The van der Waals surface area contributed by atoms with Crippen molar-refractivity contribution in [2.75, 3.05) is 0 Å². The van der Waals surface area contributed by atoms with Crippen molar-refractivity contribution in [2.45, 2.75) is 0 Å². The number of hydrogen-bond acceptors (Lipinski definition) is 4. The molecule has 0 unspecified atom stereocenters. The number of hydrogen-bond donors (Lipinski definition) is 1. The van der Waals surface area contributed by atoms with Gasteiger partial charge in [0, 0.05) is 6.20 Å². The first-order chi connectivity index (χ1) is 5.47. The molecule has 0 aliphatic heterocycles. The second-order valence-corrected chi connectivity index (χ2v) is 1.90. The Morgan fingerprint density at radius 1 is 1.36 bits per heavy atom. The molecule has 2 aromatic heterocycles. The van der Waals surface area contributed by atoms with Gasteiger partial charge in [0.05, 0.1) is 11.9 Å². The molecule has 0 amide bonds. The molecule has 0 aromatic carbocycles. The highest BCUT2D eigenvalue weighted by Gasteiger charge is 1.99. The molecule has 53 valence electrons. The van der Waals surface area contributed by atoms with Gasteiger partial charge in [-0.2, -0.15) is 0 Å². The van der Waals surface area contributed by atoms with Gasteiger partial charge in [-0.15, -0.1) is 5.10 Å². The zero-order valence-electron chi connectivity index (χ0n) is 5.52. The third-order valence-electron chi connectivity index (χ3n) is 1.21. The minimum absolute atomic E-state index is 0.698. The van der Waals surface area contributed by atoms with Crippen LogP contribution in [0.1, 0.15) is 0 Å². The normalized spacial score (nSPS) is 9.82. The van der Waals surface area contributed by atoms with Crippen LogP contribution in [-0.4, -0.2) is 25.4 Å². The van der Waals surface area contributed by atoms with E-state index >= 15 is 0 Å². The molecule has 1 N–H and O–H groups in total. The number of H-pyrrole nitrogens is 1. The first-order valence-electron chi connectivity index (χ1n) is 3.03. The van der Waals surface area contributed by atoms with Gasteiger partial charge < -0.3 is 0 Å². The lowest BCUT2D eigenvalue weighted by atomic mass is 10.3. The molecule has 11 heavy (non-hydrogen) atoms. The molecule has 0 spiro atoms. The summed E-state index contributed by atoms with van der Waals surface area (Å²) in [6.07, 6.45) is 5.74. The molecular formula is C6H4N5. The molecule has 1 radical (unpaired) electrons. The maximum absolute atomic E-state index is 3.86. The average Bonchev–Trinajstić information content (AvgIpc) is 2.58. The highest BCUT2D eigenvalue weighted by molar-refractivity contribution is 5.50. The van der Waals surface area contributed by atoms with Gasteiger partial charge in [-0.05, 0) is 6.07 Å². The Kier molecular flexibility index (Phi) is 1.33. The molecule has 2 rings (SSSR count). The molecule has 5 nitrogen and oxygen atoms in total. The number of aromatic amines is 1. The Hall–Kier alpha value is -1.78. The molecule has 5 heteroatoms. The molecule has 2 heterocycles. The van der Waals surface area contributed by atoms with Crippen molar-refractivity contribution in [1.82, 2.24) is 25.4 Å². The zero-order valence-corrected chi connectivity index (χ0v) is 5.52. The monoisotopic (exact) mass is 146 g/mol. The molecule has 0 saturated carbocycles. The van der Waals surface area contributed by atoms with Crippen molar-refractivity contribution < 1.29 is 0 Å². The van der Waals surface area contributed by atoms with E-state index in [0.717, 1.165) is 0 Å². The summed E-state index contributed by atoms with van der Waals surface area (Å²) in [7, 11) is 0. The van der Waals surface area contributed by atoms with E-state index in [0.29, 0.717) is 11.4 Å². The topological polar surface area (TPSA) is 67.3 Å². The summed E-state index contributed by atoms with van der Waals surface area (Å²) in [5.74, 6) is 0. The van der Waals surface area contributed by atoms with E-state index in [1.165, 1.54) is 0 Å². The molecule has 2 aromatic rings. The van der Waals surface area contributed by atoms with E-state index < -0.39 is 0 Å². The molecule has 0 aliphatic rings. The van der Waals surface area contributed by atoms with E-state index in [4.69, 9.17) is 0 Å². The molecule has 0 bridgehead atoms. The van der Waals surface area contributed by atoms with Gasteiger partial charge in [-0.1, -0.05) is 5.21 Å². The van der Waals surface area contributed by atoms with Gasteiger partial charge in [-0.25, -0.2) is 9.97 Å². The average molecular weight is 146 g/mol. The van der Waals surface area contributed by atoms with Crippen molar-refractivity contribution in [2.24, 2.45) is 0 Å². The lowest BCUT2D eigenvalue weighted by Crippen LogP contribution is -1.83. The first-order valence-corrected chi connectivity index (χ1v) is 3.03. The van der Waals surface area contributed by atoms with Gasteiger partial charge in [0.2, 0.25) is 0 Å². The maximum atomic E-state index is 3.86. The predicted octanol–water partition coefficient (Wildman–Crippen LogP) is 0.0619. The third kappa shape index (κ3) is 1.07. The van der Waals surface area contributed by atoms with Gasteiger partial charge in [0.25, 0.3) is 0 Å². The summed E-state index contributed by atoms with van der Waals surface area (Å²) in [5.41, 5.74) is 1.41. The highest BCUT2D eigenvalue weighted by Crippen LogP contribution is 2.08. The van der Waals surface area contributed by atoms with Crippen LogP contribution in [0.15, 0.2) is 18.5 Å². The quantitative estimate of drug-likeness (QED) is 0.617. The molecule has 0 fully saturated rings. The Morgan fingerprint density at radius 3 is 3.00 bits per heavy atom. The van der Waals surface area contributed by atoms with Crippen LogP contribution in [0.3, 0.4) is 0 Å². The smallest absolute Gasteiger partial charge is 0.198 e. The van der Waals surface area contributed by atoms with Crippen molar-refractivity contribution in [3.05, 3.63) is 24.8 Å². The van der Waals surface area contributed by atoms with Crippen molar-refractivity contribution in [1.29, 1.82) is 0 Å². The fourth-order valence-corrected chi connectivity index (χ4v) is 0.731. The summed E-state index contributed by atoms with van der Waals surface area (Å²) < 4.78 is 0. The van der Waals surface area contributed by atoms with Crippen molar-refractivity contribution in [3.63, 3.8) is 0 Å². The minimum Gasteiger partial charge on any atom is -0.265 e. The Morgan fingerprint density at radius 2 is 2.36 bits per heavy atom. The van der Waals surface area contributed by atoms with Crippen molar-refractivity contribution >= 4 is 0 Å². The predicted molar refractivity (Wildman–Crippen MR) is 36.2 cm³/mol. The van der Waals surface area contributed by atoms with Crippen LogP contribution in [0.4, 0.5) is 0 Å². The van der Waals surface area contributed by atoms with Crippen LogP contribution in [-0.2, 0) is 0 Å². The van der Waals surface area contributed by atoms with Gasteiger partial charge in [-0.3, -0.25) is 5.10 Å². The summed E-state index contributed by atoms with van der Waals surface area (Å²) in [5, 5.41) is 9.91. The summed E-state index contributed by atoms with van der Waals surface area (Å²) >= 11 is 0. The molecule has 0 atom stereocenters. The fraction of sp³-hybridized carbons (Fsp3) is 0. The van der Waals surface area contributed by atoms with Crippen LogP contribution in [0, 0.1) is 6.33 Å². The van der Waals surface area contributed by atoms with E-state index in [9.17, 15) is 0 Å². The van der Waals surface area contributed by atoms with Crippen LogP contribution in [0.5, 0.6) is 0 Å². The Labute approximate surface area is 62.5 Å². The van der Waals surface area contributed by atoms with Crippen LogP contribution in [0.2, 0.25) is 0 Å². The molecule has 0 saturated heterocycles. The second-order valence-electron chi connectivity index (χ2n) is 1.90. The third-order valence-corrected chi connectivity index (χ3v) is 1.21. The van der Waals surface area contributed by atoms with Crippen LogP contribution in [0.25, 0.3) is 11.4 Å². The largest absolute Gasteiger partial charge is 0.265 e. The summed E-state index contributed by atoms with van der Waals surface area (Å²) in [6.45, 7) is 0. The standard InChI is InChI=1S/C6H4N5/c1-2-7-4-8-5(1)6-3-9-11-10-6/h1-3H,(H,9,10,11). The van der Waals surface area contributed by atoms with E-state index in [1.807, 2.05) is 0 Å². The first kappa shape index (κ1) is 5.96. The number of nitrogens with zero attached hydrogens (tertiary/aromatic N) is 4. The van der Waals surface area contributed by atoms with Crippen LogP contribution >= 0.6 is 0 Å². The van der Waals surface area contributed by atoms with E-state index in [-0.39, 0.29) is 0 Å². The van der Waals surface area contributed by atoms with Gasteiger partial charge >= 0.3 is 0 Å². The minimum atomic E-state index is 0.698. The Bertz CT molecular complexity index is 314. The van der Waals surface area contributed by atoms with E-state index in [1.54, 1.807) is 18.5 Å². The lowest BCUT2D eigenvalue weighted by Gasteiger charge is -1.88. The number of aromatic nitrogens is 5. The van der Waals surface area contributed by atoms with Gasteiger partial charge in [0.1, 0.15) is 5.69 Å².